The quantitative estimate of drug-likeness (QED) is 0.555. The summed E-state index contributed by atoms with van der Waals surface area (Å²) in [6.07, 6.45) is 3.70. The molecule has 1 aromatic heterocycles. The van der Waals surface area contributed by atoms with Crippen LogP contribution in [0.2, 0.25) is 0 Å². The van der Waals surface area contributed by atoms with E-state index in [0.717, 1.165) is 46.7 Å². The zero-order valence-electron chi connectivity index (χ0n) is 17.6. The monoisotopic (exact) mass is 454 g/mol. The highest BCUT2D eigenvalue weighted by molar-refractivity contribution is 7.91. The summed E-state index contributed by atoms with van der Waals surface area (Å²) >= 11 is 1.63. The zero-order valence-corrected chi connectivity index (χ0v) is 19.2. The summed E-state index contributed by atoms with van der Waals surface area (Å²) in [5.41, 5.74) is 5.54. The third-order valence-corrected chi connectivity index (χ3v) is 8.12. The van der Waals surface area contributed by atoms with Gasteiger partial charge in [-0.2, -0.15) is 0 Å². The molecule has 0 spiro atoms. The van der Waals surface area contributed by atoms with Gasteiger partial charge in [-0.3, -0.25) is 4.79 Å². The SMILES string of the molecule is Cc1nc(-c2ccc(CCNC(=O)CCS(=O)(=O)c3ccc4c(c3)CCC4)cc2)cs1. The van der Waals surface area contributed by atoms with Crippen LogP contribution in [-0.2, 0) is 33.9 Å². The van der Waals surface area contributed by atoms with Crippen LogP contribution in [-0.4, -0.2) is 31.6 Å². The van der Waals surface area contributed by atoms with Gasteiger partial charge in [-0.1, -0.05) is 30.3 Å². The Hall–Kier alpha value is -2.51. The lowest BCUT2D eigenvalue weighted by molar-refractivity contribution is -0.120. The van der Waals surface area contributed by atoms with Gasteiger partial charge in [0.05, 0.1) is 21.3 Å². The molecular formula is C24H26N2O3S2. The maximum absolute atomic E-state index is 12.6. The Morgan fingerprint density at radius 1 is 1.10 bits per heavy atom. The molecule has 7 heteroatoms. The molecule has 0 saturated heterocycles. The second-order valence-corrected chi connectivity index (χ2v) is 11.1. The molecule has 4 rings (SSSR count). The fourth-order valence-electron chi connectivity index (χ4n) is 3.86. The summed E-state index contributed by atoms with van der Waals surface area (Å²) in [6, 6.07) is 13.5. The topological polar surface area (TPSA) is 76.1 Å². The molecule has 1 heterocycles. The molecule has 0 atom stereocenters. The maximum atomic E-state index is 12.6. The predicted molar refractivity (Wildman–Crippen MR) is 124 cm³/mol. The second kappa shape index (κ2) is 9.32. The summed E-state index contributed by atoms with van der Waals surface area (Å²) in [4.78, 5) is 17.0. The number of amides is 1. The van der Waals surface area contributed by atoms with Crippen molar-refractivity contribution in [2.45, 2.75) is 43.9 Å². The molecule has 1 aliphatic carbocycles. The van der Waals surface area contributed by atoms with Gasteiger partial charge in [0.15, 0.2) is 9.84 Å². The highest BCUT2D eigenvalue weighted by Crippen LogP contribution is 2.25. The highest BCUT2D eigenvalue weighted by Gasteiger charge is 2.19. The van der Waals surface area contributed by atoms with Crippen LogP contribution in [0.3, 0.4) is 0 Å². The molecule has 0 unspecified atom stereocenters. The van der Waals surface area contributed by atoms with Gasteiger partial charge in [0.25, 0.3) is 0 Å². The van der Waals surface area contributed by atoms with Gasteiger partial charge in [0.1, 0.15) is 0 Å². The van der Waals surface area contributed by atoms with E-state index in [0.29, 0.717) is 17.9 Å². The molecule has 0 saturated carbocycles. The van der Waals surface area contributed by atoms with E-state index in [4.69, 9.17) is 0 Å². The normalized spacial score (nSPS) is 13.2. The number of nitrogens with one attached hydrogen (secondary N) is 1. The number of sulfone groups is 1. The number of hydrogen-bond acceptors (Lipinski definition) is 5. The average molecular weight is 455 g/mol. The van der Waals surface area contributed by atoms with Gasteiger partial charge >= 0.3 is 0 Å². The van der Waals surface area contributed by atoms with E-state index in [1.54, 1.807) is 23.5 Å². The van der Waals surface area contributed by atoms with Gasteiger partial charge in [-0.15, -0.1) is 11.3 Å². The Morgan fingerprint density at radius 2 is 1.87 bits per heavy atom. The van der Waals surface area contributed by atoms with E-state index in [1.807, 2.05) is 42.6 Å². The number of hydrogen-bond donors (Lipinski definition) is 1. The molecule has 0 fully saturated rings. The van der Waals surface area contributed by atoms with Crippen LogP contribution in [0.4, 0.5) is 0 Å². The molecular weight excluding hydrogens is 428 g/mol. The van der Waals surface area contributed by atoms with Crippen LogP contribution >= 0.6 is 11.3 Å². The average Bonchev–Trinajstić information content (AvgIpc) is 3.41. The van der Waals surface area contributed by atoms with Crippen molar-refractivity contribution < 1.29 is 13.2 Å². The zero-order chi connectivity index (χ0) is 21.8. The number of carbonyl (C=O) groups is 1. The van der Waals surface area contributed by atoms with Crippen LogP contribution in [0.25, 0.3) is 11.3 Å². The van der Waals surface area contributed by atoms with Gasteiger partial charge in [-0.25, -0.2) is 13.4 Å². The van der Waals surface area contributed by atoms with Crippen molar-refractivity contribution in [3.8, 4) is 11.3 Å². The first kappa shape index (κ1) is 21.7. The fraction of sp³-hybridized carbons (Fsp3) is 0.333. The van der Waals surface area contributed by atoms with E-state index in [1.165, 1.54) is 5.56 Å². The third kappa shape index (κ3) is 5.40. The Bertz CT molecular complexity index is 1180. The Morgan fingerprint density at radius 3 is 2.61 bits per heavy atom. The Labute approximate surface area is 187 Å². The van der Waals surface area contributed by atoms with Gasteiger partial charge in [0, 0.05) is 23.9 Å². The first-order valence-electron chi connectivity index (χ1n) is 10.5. The largest absolute Gasteiger partial charge is 0.356 e. The molecule has 162 valence electrons. The maximum Gasteiger partial charge on any atom is 0.221 e. The number of nitrogens with zero attached hydrogens (tertiary/aromatic N) is 1. The molecule has 0 bridgehead atoms. The van der Waals surface area contributed by atoms with Crippen molar-refractivity contribution in [3.05, 3.63) is 69.5 Å². The number of aromatic nitrogens is 1. The summed E-state index contributed by atoms with van der Waals surface area (Å²) in [6.45, 7) is 2.47. The number of rotatable bonds is 8. The summed E-state index contributed by atoms with van der Waals surface area (Å²) in [7, 11) is -3.45. The molecule has 1 aliphatic rings. The number of carbonyl (C=O) groups excluding carboxylic acids is 1. The lowest BCUT2D eigenvalue weighted by Crippen LogP contribution is -2.27. The highest BCUT2D eigenvalue weighted by atomic mass is 32.2. The molecule has 1 N–H and O–H groups in total. The standard InChI is InChI=1S/C24H26N2O3S2/c1-17-26-23(16-30-17)20-7-5-18(6-8-20)11-13-25-24(27)12-14-31(28,29)22-10-9-19-3-2-4-21(19)15-22/h5-10,15-16H,2-4,11-14H2,1H3,(H,25,27). The third-order valence-electron chi connectivity index (χ3n) is 5.63. The molecule has 2 aromatic carbocycles. The molecule has 0 aliphatic heterocycles. The van der Waals surface area contributed by atoms with Crippen molar-refractivity contribution in [2.75, 3.05) is 12.3 Å². The van der Waals surface area contributed by atoms with Crippen LogP contribution in [0.1, 0.15) is 34.5 Å². The lowest BCUT2D eigenvalue weighted by Gasteiger charge is -2.08. The van der Waals surface area contributed by atoms with E-state index < -0.39 is 9.84 Å². The van der Waals surface area contributed by atoms with Crippen LogP contribution < -0.4 is 5.32 Å². The van der Waals surface area contributed by atoms with Gasteiger partial charge in [-0.05, 0) is 61.4 Å². The van der Waals surface area contributed by atoms with Crippen molar-refractivity contribution in [1.29, 1.82) is 0 Å². The first-order chi connectivity index (χ1) is 14.9. The van der Waals surface area contributed by atoms with Crippen molar-refractivity contribution in [1.82, 2.24) is 10.3 Å². The first-order valence-corrected chi connectivity index (χ1v) is 13.1. The minimum absolute atomic E-state index is 0.0263. The predicted octanol–water partition coefficient (Wildman–Crippen LogP) is 4.13. The van der Waals surface area contributed by atoms with Crippen LogP contribution in [0.5, 0.6) is 0 Å². The fourth-order valence-corrected chi connectivity index (χ4v) is 5.77. The van der Waals surface area contributed by atoms with Gasteiger partial charge in [0.2, 0.25) is 5.91 Å². The summed E-state index contributed by atoms with van der Waals surface area (Å²) in [5, 5.41) is 5.92. The molecule has 3 aromatic rings. The van der Waals surface area contributed by atoms with Crippen molar-refractivity contribution >= 4 is 27.1 Å². The second-order valence-electron chi connectivity index (χ2n) is 7.90. The molecule has 0 radical (unpaired) electrons. The Balaban J connectivity index is 1.24. The summed E-state index contributed by atoms with van der Waals surface area (Å²) < 4.78 is 25.2. The number of benzene rings is 2. The minimum atomic E-state index is -3.45. The minimum Gasteiger partial charge on any atom is -0.356 e. The molecule has 5 nitrogen and oxygen atoms in total. The van der Waals surface area contributed by atoms with E-state index in [2.05, 4.69) is 10.3 Å². The van der Waals surface area contributed by atoms with E-state index in [-0.39, 0.29) is 18.1 Å². The lowest BCUT2D eigenvalue weighted by atomic mass is 10.1. The number of aryl methyl sites for hydroxylation is 3. The van der Waals surface area contributed by atoms with Crippen molar-refractivity contribution in [3.63, 3.8) is 0 Å². The van der Waals surface area contributed by atoms with E-state index >= 15 is 0 Å². The molecule has 1 amide bonds. The van der Waals surface area contributed by atoms with Gasteiger partial charge < -0.3 is 5.32 Å². The van der Waals surface area contributed by atoms with Crippen LogP contribution in [0.15, 0.2) is 52.7 Å². The molecule has 31 heavy (non-hydrogen) atoms. The van der Waals surface area contributed by atoms with Crippen LogP contribution in [0, 0.1) is 6.92 Å². The Kier molecular flexibility index (Phi) is 6.53. The van der Waals surface area contributed by atoms with E-state index in [9.17, 15) is 13.2 Å². The smallest absolute Gasteiger partial charge is 0.221 e. The number of fused-ring (bicyclic) bond motifs is 1. The summed E-state index contributed by atoms with van der Waals surface area (Å²) in [5.74, 6) is -0.404. The van der Waals surface area contributed by atoms with Crippen molar-refractivity contribution in [2.24, 2.45) is 0 Å². The number of thiazole rings is 1.